The van der Waals surface area contributed by atoms with E-state index in [1.54, 1.807) is 3.59 Å². The highest BCUT2D eigenvalue weighted by Gasteiger charge is 1.83. The van der Waals surface area contributed by atoms with E-state index in [-0.39, 0.29) is 0 Å². The van der Waals surface area contributed by atoms with Gasteiger partial charge in [0.05, 0.1) is 16.1 Å². The molecule has 1 heterocycles. The van der Waals surface area contributed by atoms with Gasteiger partial charge in [-0.15, -0.1) is 0 Å². The van der Waals surface area contributed by atoms with Gasteiger partial charge in [-0.1, -0.05) is 0 Å². The van der Waals surface area contributed by atoms with Crippen molar-refractivity contribution in [2.75, 3.05) is 0 Å². The Hall–Kier alpha value is 0.240. The van der Waals surface area contributed by atoms with Gasteiger partial charge < -0.3 is 0 Å². The van der Waals surface area contributed by atoms with Crippen LogP contribution in [0.3, 0.4) is 0 Å². The summed E-state index contributed by atoms with van der Waals surface area (Å²) in [6, 6.07) is 1.95. The number of halogens is 2. The number of hydrogen-bond donors (Lipinski definition) is 0. The molecule has 0 unspecified atom stereocenters. The summed E-state index contributed by atoms with van der Waals surface area (Å²) in [4.78, 5) is 0. The van der Waals surface area contributed by atoms with Crippen LogP contribution in [0, 0.1) is 0 Å². The molecule has 0 amide bonds. The molecule has 0 aliphatic rings. The van der Waals surface area contributed by atoms with Gasteiger partial charge in [-0.3, -0.25) is 3.59 Å². The lowest BCUT2D eigenvalue weighted by Gasteiger charge is -1.76. The SMILES string of the molecule is Brc1ccn(Br)c1. The first-order valence-electron chi connectivity index (χ1n) is 1.79. The average Bonchev–Trinajstić information content (AvgIpc) is 1.87. The average molecular weight is 225 g/mol. The molecule has 0 fully saturated rings. The Morgan fingerprint density at radius 3 is 2.43 bits per heavy atom. The number of hydrogen-bond acceptors (Lipinski definition) is 0. The summed E-state index contributed by atoms with van der Waals surface area (Å²) in [5.41, 5.74) is 0. The van der Waals surface area contributed by atoms with Crippen LogP contribution in [0.25, 0.3) is 0 Å². The third-order valence-electron chi connectivity index (χ3n) is 0.623. The van der Waals surface area contributed by atoms with Crippen LogP contribution in [0.2, 0.25) is 0 Å². The maximum atomic E-state index is 3.28. The molecule has 0 aromatic carbocycles. The Morgan fingerprint density at radius 1 is 1.57 bits per heavy atom. The maximum absolute atomic E-state index is 3.28. The zero-order chi connectivity index (χ0) is 5.28. The van der Waals surface area contributed by atoms with Crippen molar-refractivity contribution in [3.8, 4) is 0 Å². The second-order valence-corrected chi connectivity index (χ2v) is 2.91. The van der Waals surface area contributed by atoms with E-state index in [4.69, 9.17) is 0 Å². The first-order valence-corrected chi connectivity index (χ1v) is 3.29. The quantitative estimate of drug-likeness (QED) is 0.638. The molecule has 0 saturated carbocycles. The Bertz CT molecular complexity index is 142. The second-order valence-electron chi connectivity index (χ2n) is 1.17. The van der Waals surface area contributed by atoms with Crippen LogP contribution in [0.5, 0.6) is 0 Å². The van der Waals surface area contributed by atoms with E-state index >= 15 is 0 Å². The summed E-state index contributed by atoms with van der Waals surface area (Å²) in [5.74, 6) is 0. The van der Waals surface area contributed by atoms with Gasteiger partial charge >= 0.3 is 0 Å². The lowest BCUT2D eigenvalue weighted by Crippen LogP contribution is -1.62. The van der Waals surface area contributed by atoms with E-state index in [1.807, 2.05) is 18.5 Å². The predicted molar refractivity (Wildman–Crippen MR) is 36.5 cm³/mol. The zero-order valence-corrected chi connectivity index (χ0v) is 6.61. The summed E-state index contributed by atoms with van der Waals surface area (Å²) >= 11 is 6.50. The fourth-order valence-electron chi connectivity index (χ4n) is 0.346. The fraction of sp³-hybridized carbons (Fsp3) is 0. The Kier molecular flexibility index (Phi) is 1.54. The molecule has 3 heteroatoms. The Labute approximate surface area is 58.8 Å². The molecule has 0 bridgehead atoms. The van der Waals surface area contributed by atoms with E-state index in [1.165, 1.54) is 0 Å². The topological polar surface area (TPSA) is 4.93 Å². The standard InChI is InChI=1S/C4H3Br2N/c5-4-1-2-7(6)3-4/h1-3H. The second kappa shape index (κ2) is 2.01. The van der Waals surface area contributed by atoms with Gasteiger partial charge in [0.1, 0.15) is 0 Å². The Morgan fingerprint density at radius 2 is 2.29 bits per heavy atom. The van der Waals surface area contributed by atoms with Crippen molar-refractivity contribution in [1.29, 1.82) is 0 Å². The fourth-order valence-corrected chi connectivity index (χ4v) is 1.30. The van der Waals surface area contributed by atoms with Crippen LogP contribution in [0.15, 0.2) is 22.9 Å². The van der Waals surface area contributed by atoms with Gasteiger partial charge in [-0.05, 0) is 22.0 Å². The molecule has 0 aliphatic heterocycles. The summed E-state index contributed by atoms with van der Waals surface area (Å²) in [5, 5.41) is 0. The van der Waals surface area contributed by atoms with Crippen LogP contribution in [0.4, 0.5) is 0 Å². The van der Waals surface area contributed by atoms with Crippen molar-refractivity contribution < 1.29 is 0 Å². The highest BCUT2D eigenvalue weighted by Crippen LogP contribution is 2.09. The van der Waals surface area contributed by atoms with Crippen molar-refractivity contribution >= 4 is 32.1 Å². The summed E-state index contributed by atoms with van der Waals surface area (Å²) in [7, 11) is 0. The van der Waals surface area contributed by atoms with Crippen molar-refractivity contribution in [2.45, 2.75) is 0 Å². The van der Waals surface area contributed by atoms with Gasteiger partial charge in [-0.2, -0.15) is 0 Å². The minimum Gasteiger partial charge on any atom is -0.290 e. The van der Waals surface area contributed by atoms with Crippen molar-refractivity contribution in [2.24, 2.45) is 0 Å². The third-order valence-corrected chi connectivity index (χ3v) is 1.53. The molecular weight excluding hydrogens is 222 g/mol. The molecule has 1 aromatic heterocycles. The molecule has 38 valence electrons. The molecule has 0 saturated heterocycles. The predicted octanol–water partition coefficient (Wildman–Crippen LogP) is 2.41. The van der Waals surface area contributed by atoms with Crippen molar-refractivity contribution in [3.63, 3.8) is 0 Å². The minimum absolute atomic E-state index is 1.09. The molecule has 7 heavy (non-hydrogen) atoms. The van der Waals surface area contributed by atoms with E-state index in [9.17, 15) is 0 Å². The number of rotatable bonds is 0. The molecule has 0 N–H and O–H groups in total. The van der Waals surface area contributed by atoms with E-state index < -0.39 is 0 Å². The highest BCUT2D eigenvalue weighted by molar-refractivity contribution is 9.10. The first kappa shape index (κ1) is 5.38. The molecular formula is C4H3Br2N. The summed E-state index contributed by atoms with van der Waals surface area (Å²) in [6.07, 6.45) is 3.82. The van der Waals surface area contributed by atoms with E-state index in [2.05, 4.69) is 32.1 Å². The Balaban J connectivity index is 3.04. The summed E-state index contributed by atoms with van der Waals surface area (Å²) < 4.78 is 2.89. The monoisotopic (exact) mass is 223 g/mol. The van der Waals surface area contributed by atoms with Crippen LogP contribution in [0.1, 0.15) is 0 Å². The smallest absolute Gasteiger partial charge is 0.0539 e. The molecule has 0 spiro atoms. The van der Waals surface area contributed by atoms with Crippen LogP contribution < -0.4 is 0 Å². The minimum atomic E-state index is 1.09. The van der Waals surface area contributed by atoms with Gasteiger partial charge in [0.15, 0.2) is 0 Å². The van der Waals surface area contributed by atoms with Gasteiger partial charge in [0.25, 0.3) is 0 Å². The van der Waals surface area contributed by atoms with Gasteiger partial charge in [0.2, 0.25) is 0 Å². The van der Waals surface area contributed by atoms with Crippen LogP contribution in [-0.4, -0.2) is 3.59 Å². The van der Waals surface area contributed by atoms with Crippen LogP contribution >= 0.6 is 32.1 Å². The van der Waals surface area contributed by atoms with E-state index in [0.29, 0.717) is 0 Å². The molecule has 1 aromatic rings. The summed E-state index contributed by atoms with van der Waals surface area (Å²) in [6.45, 7) is 0. The van der Waals surface area contributed by atoms with Gasteiger partial charge in [-0.25, -0.2) is 0 Å². The first-order chi connectivity index (χ1) is 3.29. The largest absolute Gasteiger partial charge is 0.290 e. The molecule has 1 rings (SSSR count). The lowest BCUT2D eigenvalue weighted by atomic mass is 10.7. The molecule has 1 nitrogen and oxygen atoms in total. The van der Waals surface area contributed by atoms with E-state index in [0.717, 1.165) is 4.47 Å². The zero-order valence-electron chi connectivity index (χ0n) is 3.44. The third kappa shape index (κ3) is 1.31. The molecule has 0 aliphatic carbocycles. The number of aromatic nitrogens is 1. The maximum Gasteiger partial charge on any atom is 0.0539 e. The molecule has 0 radical (unpaired) electrons. The van der Waals surface area contributed by atoms with Gasteiger partial charge in [0, 0.05) is 16.9 Å². The molecule has 0 atom stereocenters. The normalized spacial score (nSPS) is 9.43. The highest BCUT2D eigenvalue weighted by atomic mass is 79.9. The van der Waals surface area contributed by atoms with Crippen molar-refractivity contribution in [3.05, 3.63) is 22.9 Å². The lowest BCUT2D eigenvalue weighted by molar-refractivity contribution is 1.32. The van der Waals surface area contributed by atoms with Crippen molar-refractivity contribution in [1.82, 2.24) is 3.59 Å². The number of nitrogens with zero attached hydrogens (tertiary/aromatic N) is 1. The van der Waals surface area contributed by atoms with Crippen LogP contribution in [-0.2, 0) is 0 Å².